The summed E-state index contributed by atoms with van der Waals surface area (Å²) in [7, 11) is 12.2. The molecule has 0 saturated carbocycles. The zero-order chi connectivity index (χ0) is 16.4. The van der Waals surface area contributed by atoms with Gasteiger partial charge in [-0.25, -0.2) is 0 Å². The Kier molecular flexibility index (Phi) is 4.36. The zero-order valence-corrected chi connectivity index (χ0v) is 13.9. The number of fused-ring (bicyclic) bond motifs is 4. The van der Waals surface area contributed by atoms with Crippen LogP contribution in [0.15, 0.2) is 66.7 Å². The molecule has 0 aliphatic heterocycles. The van der Waals surface area contributed by atoms with Crippen LogP contribution in [0.2, 0.25) is 0 Å². The molecule has 1 nitrogen and oxygen atoms in total. The summed E-state index contributed by atoms with van der Waals surface area (Å²) in [5.41, 5.74) is 0.846. The van der Waals surface area contributed by atoms with Crippen molar-refractivity contribution in [3.63, 3.8) is 0 Å². The van der Waals surface area contributed by atoms with Gasteiger partial charge in [0.1, 0.15) is 7.85 Å². The van der Waals surface area contributed by atoms with Crippen LogP contribution >= 0.6 is 0 Å². The van der Waals surface area contributed by atoms with Crippen molar-refractivity contribution in [3.8, 4) is 0 Å². The number of hydrogen-bond donors (Lipinski definition) is 0. The Hall–Kier alpha value is -2.32. The van der Waals surface area contributed by atoms with Crippen LogP contribution in [0.5, 0.6) is 0 Å². The SMILES string of the molecule is CN(C)C.[B]c1cccc2ccc3cc4ccccc4cc3c12. The standard InChI is InChI=1S/C18H11B.C3H9N/c19-17-7-3-6-12-8-9-15-10-13-4-1-2-5-14(13)11-16(15)18(12)17;1-4(2)3/h1-11H;1-3H3. The molecule has 2 radical (unpaired) electrons. The van der Waals surface area contributed by atoms with Gasteiger partial charge >= 0.3 is 0 Å². The first-order chi connectivity index (χ1) is 11.1. The average Bonchev–Trinajstić information content (AvgIpc) is 2.52. The van der Waals surface area contributed by atoms with Crippen LogP contribution in [0, 0.1) is 0 Å². The molecule has 0 aromatic heterocycles. The molecule has 112 valence electrons. The Morgan fingerprint density at radius 3 is 1.91 bits per heavy atom. The minimum atomic E-state index is 0.846. The van der Waals surface area contributed by atoms with E-state index in [0.29, 0.717) is 0 Å². The molecule has 0 saturated heterocycles. The lowest BCUT2D eigenvalue weighted by Gasteiger charge is -2.09. The fraction of sp³-hybridized carbons (Fsp3) is 0.143. The second kappa shape index (κ2) is 6.43. The molecule has 0 bridgehead atoms. The van der Waals surface area contributed by atoms with E-state index < -0.39 is 0 Å². The maximum Gasteiger partial charge on any atom is 0.114 e. The summed E-state index contributed by atoms with van der Waals surface area (Å²) in [6.07, 6.45) is 0. The molecule has 0 aliphatic rings. The van der Waals surface area contributed by atoms with Crippen LogP contribution in [0.1, 0.15) is 0 Å². The number of rotatable bonds is 0. The van der Waals surface area contributed by atoms with E-state index in [2.05, 4.69) is 54.6 Å². The van der Waals surface area contributed by atoms with Gasteiger partial charge in [-0.3, -0.25) is 0 Å². The highest BCUT2D eigenvalue weighted by molar-refractivity contribution is 6.41. The van der Waals surface area contributed by atoms with Gasteiger partial charge in [0, 0.05) is 0 Å². The highest BCUT2D eigenvalue weighted by atomic mass is 15.0. The van der Waals surface area contributed by atoms with Gasteiger partial charge in [-0.1, -0.05) is 60.1 Å². The second-order valence-corrected chi connectivity index (χ2v) is 6.27. The lowest BCUT2D eigenvalue weighted by atomic mass is 9.87. The predicted octanol–water partition coefficient (Wildman–Crippen LogP) is 4.12. The third-order valence-corrected chi connectivity index (χ3v) is 3.76. The average molecular weight is 297 g/mol. The van der Waals surface area contributed by atoms with Crippen LogP contribution in [-0.2, 0) is 0 Å². The summed E-state index contributed by atoms with van der Waals surface area (Å²) in [6.45, 7) is 0. The maximum atomic E-state index is 6.17. The highest BCUT2D eigenvalue weighted by Gasteiger charge is 2.04. The third kappa shape index (κ3) is 3.23. The van der Waals surface area contributed by atoms with Crippen LogP contribution in [0.25, 0.3) is 32.3 Å². The van der Waals surface area contributed by atoms with Crippen LogP contribution < -0.4 is 5.46 Å². The molecule has 4 aromatic rings. The lowest BCUT2D eigenvalue weighted by molar-refractivity contribution is 0.505. The Labute approximate surface area is 138 Å². The maximum absolute atomic E-state index is 6.17. The van der Waals surface area contributed by atoms with Crippen molar-refractivity contribution >= 4 is 45.6 Å². The first kappa shape index (κ1) is 15.6. The highest BCUT2D eigenvalue weighted by Crippen LogP contribution is 2.28. The summed E-state index contributed by atoms with van der Waals surface area (Å²) in [4.78, 5) is 2.00. The van der Waals surface area contributed by atoms with Crippen molar-refractivity contribution in [1.29, 1.82) is 0 Å². The lowest BCUT2D eigenvalue weighted by Crippen LogP contribution is -2.03. The predicted molar refractivity (Wildman–Crippen MR) is 104 cm³/mol. The molecule has 4 rings (SSSR count). The van der Waals surface area contributed by atoms with E-state index in [-0.39, 0.29) is 0 Å². The van der Waals surface area contributed by atoms with E-state index in [1.807, 2.05) is 38.2 Å². The van der Waals surface area contributed by atoms with E-state index in [9.17, 15) is 0 Å². The smallest absolute Gasteiger partial charge is 0.114 e. The molecule has 0 spiro atoms. The largest absolute Gasteiger partial charge is 0.312 e. The topological polar surface area (TPSA) is 3.24 Å². The van der Waals surface area contributed by atoms with Crippen LogP contribution in [0.4, 0.5) is 0 Å². The number of benzene rings is 4. The molecule has 4 aromatic carbocycles. The van der Waals surface area contributed by atoms with Gasteiger partial charge in [-0.2, -0.15) is 0 Å². The van der Waals surface area contributed by atoms with E-state index in [0.717, 1.165) is 10.8 Å². The molecule has 0 amide bonds. The van der Waals surface area contributed by atoms with Crippen molar-refractivity contribution in [2.45, 2.75) is 0 Å². The Balaban J connectivity index is 0.000000354. The van der Waals surface area contributed by atoms with Gasteiger partial charge in [0.2, 0.25) is 0 Å². The Morgan fingerprint density at radius 1 is 0.652 bits per heavy atom. The molecular formula is C21H20BN. The summed E-state index contributed by atoms with van der Waals surface area (Å²) >= 11 is 0. The van der Waals surface area contributed by atoms with Crippen LogP contribution in [0.3, 0.4) is 0 Å². The molecule has 0 unspecified atom stereocenters. The van der Waals surface area contributed by atoms with Gasteiger partial charge in [0.05, 0.1) is 0 Å². The van der Waals surface area contributed by atoms with Crippen molar-refractivity contribution in [2.24, 2.45) is 0 Å². The van der Waals surface area contributed by atoms with Crippen molar-refractivity contribution < 1.29 is 0 Å². The molecule has 0 atom stereocenters. The summed E-state index contributed by atoms with van der Waals surface area (Å²) < 4.78 is 0. The fourth-order valence-corrected chi connectivity index (χ4v) is 2.83. The first-order valence-corrected chi connectivity index (χ1v) is 7.77. The summed E-state index contributed by atoms with van der Waals surface area (Å²) in [6, 6.07) is 23.3. The second-order valence-electron chi connectivity index (χ2n) is 6.27. The van der Waals surface area contributed by atoms with Gasteiger partial charge in [-0.15, -0.1) is 0 Å². The van der Waals surface area contributed by atoms with Gasteiger partial charge in [0.15, 0.2) is 0 Å². The number of hydrogen-bond acceptors (Lipinski definition) is 1. The normalized spacial score (nSPS) is 11.0. The van der Waals surface area contributed by atoms with Gasteiger partial charge in [0.25, 0.3) is 0 Å². The minimum Gasteiger partial charge on any atom is -0.312 e. The van der Waals surface area contributed by atoms with Crippen molar-refractivity contribution in [3.05, 3.63) is 66.7 Å². The Morgan fingerprint density at radius 2 is 1.22 bits per heavy atom. The Bertz CT molecular complexity index is 970. The monoisotopic (exact) mass is 297 g/mol. The van der Waals surface area contributed by atoms with Crippen LogP contribution in [-0.4, -0.2) is 33.9 Å². The summed E-state index contributed by atoms with van der Waals surface area (Å²) in [5.74, 6) is 0. The van der Waals surface area contributed by atoms with Gasteiger partial charge < -0.3 is 4.90 Å². The van der Waals surface area contributed by atoms with Crippen molar-refractivity contribution in [1.82, 2.24) is 4.90 Å². The summed E-state index contributed by atoms with van der Waals surface area (Å²) in [5, 5.41) is 7.35. The van der Waals surface area contributed by atoms with E-state index in [4.69, 9.17) is 7.85 Å². The minimum absolute atomic E-state index is 0.846. The molecule has 0 aliphatic carbocycles. The molecule has 23 heavy (non-hydrogen) atoms. The van der Waals surface area contributed by atoms with E-state index in [1.54, 1.807) is 0 Å². The quantitative estimate of drug-likeness (QED) is 0.268. The van der Waals surface area contributed by atoms with Gasteiger partial charge in [-0.05, 0) is 65.6 Å². The third-order valence-electron chi connectivity index (χ3n) is 3.76. The van der Waals surface area contributed by atoms with Crippen molar-refractivity contribution in [2.75, 3.05) is 21.1 Å². The molecule has 0 N–H and O–H groups in total. The molecule has 2 heteroatoms. The molecular weight excluding hydrogens is 277 g/mol. The van der Waals surface area contributed by atoms with E-state index in [1.165, 1.54) is 26.9 Å². The molecule has 0 heterocycles. The van der Waals surface area contributed by atoms with E-state index >= 15 is 0 Å². The fourth-order valence-electron chi connectivity index (χ4n) is 2.83. The number of nitrogens with zero attached hydrogens (tertiary/aromatic N) is 1. The molecule has 0 fully saturated rings. The first-order valence-electron chi connectivity index (χ1n) is 7.77. The zero-order valence-electron chi connectivity index (χ0n) is 13.9.